The molecule has 0 saturated carbocycles. The highest BCUT2D eigenvalue weighted by Crippen LogP contribution is 2.20. The van der Waals surface area contributed by atoms with Crippen molar-refractivity contribution in [3.05, 3.63) is 71.6 Å². The average Bonchev–Trinajstić information content (AvgIpc) is 3.27. The smallest absolute Gasteiger partial charge is 0.270 e. The fraction of sp³-hybridized carbons (Fsp3) is 0.348. The van der Waals surface area contributed by atoms with Crippen molar-refractivity contribution in [3.63, 3.8) is 0 Å². The molecule has 1 aliphatic rings. The van der Waals surface area contributed by atoms with Gasteiger partial charge in [-0.3, -0.25) is 9.78 Å². The molecule has 1 aromatic carbocycles. The van der Waals surface area contributed by atoms with Crippen molar-refractivity contribution in [2.75, 3.05) is 13.2 Å². The zero-order chi connectivity index (χ0) is 20.2. The van der Waals surface area contributed by atoms with Crippen LogP contribution in [0.3, 0.4) is 0 Å². The number of oxazole rings is 1. The van der Waals surface area contributed by atoms with Gasteiger partial charge in [-0.2, -0.15) is 0 Å². The minimum Gasteiger partial charge on any atom is -0.451 e. The average molecular weight is 409 g/mol. The molecule has 0 radical (unpaired) electrons. The van der Waals surface area contributed by atoms with Gasteiger partial charge in [-0.15, -0.1) is 0 Å². The highest BCUT2D eigenvalue weighted by Gasteiger charge is 2.26. The lowest BCUT2D eigenvalue weighted by Crippen LogP contribution is -2.48. The van der Waals surface area contributed by atoms with Crippen LogP contribution in [0, 0.1) is 6.92 Å². The highest BCUT2D eigenvalue weighted by atomic mass is 16.5. The van der Waals surface area contributed by atoms with Crippen LogP contribution in [0.1, 0.15) is 41.0 Å². The molecule has 1 amide bonds. The molecule has 7 heteroatoms. The number of aliphatic hydroxyl groups excluding tert-OH is 1. The SMILES string of the molecule is C.Cc1cnc(C(=O)N[C@H]2CCOC[C@@H]2O)cc1Cc1ccc(-c2cocn2)cc1. The van der Waals surface area contributed by atoms with Gasteiger partial charge in [0.1, 0.15) is 17.7 Å². The van der Waals surface area contributed by atoms with Gasteiger partial charge in [0.2, 0.25) is 0 Å². The molecule has 0 spiro atoms. The number of amides is 1. The van der Waals surface area contributed by atoms with Gasteiger partial charge in [-0.25, -0.2) is 4.98 Å². The largest absolute Gasteiger partial charge is 0.451 e. The van der Waals surface area contributed by atoms with Crippen molar-refractivity contribution >= 4 is 5.91 Å². The Kier molecular flexibility index (Phi) is 6.97. The number of aliphatic hydroxyl groups is 1. The van der Waals surface area contributed by atoms with E-state index in [0.717, 1.165) is 27.9 Å². The van der Waals surface area contributed by atoms with Crippen LogP contribution in [0.25, 0.3) is 11.3 Å². The number of hydrogen-bond acceptors (Lipinski definition) is 6. The first kappa shape index (κ1) is 21.7. The van der Waals surface area contributed by atoms with Crippen LogP contribution in [0.4, 0.5) is 0 Å². The quantitative estimate of drug-likeness (QED) is 0.672. The molecule has 2 atom stereocenters. The number of carbonyl (C=O) groups excluding carboxylic acids is 1. The van der Waals surface area contributed by atoms with E-state index < -0.39 is 6.10 Å². The Hall–Kier alpha value is -3.03. The van der Waals surface area contributed by atoms with Crippen LogP contribution >= 0.6 is 0 Å². The third-order valence-electron chi connectivity index (χ3n) is 5.17. The number of nitrogens with zero attached hydrogens (tertiary/aromatic N) is 2. The van der Waals surface area contributed by atoms with E-state index in [4.69, 9.17) is 9.15 Å². The second-order valence-corrected chi connectivity index (χ2v) is 7.25. The molecule has 2 N–H and O–H groups in total. The lowest BCUT2D eigenvalue weighted by Gasteiger charge is -2.28. The normalized spacial score (nSPS) is 18.5. The monoisotopic (exact) mass is 409 g/mol. The Bertz CT molecular complexity index is 971. The lowest BCUT2D eigenvalue weighted by atomic mass is 9.99. The Morgan fingerprint density at radius 1 is 1.27 bits per heavy atom. The van der Waals surface area contributed by atoms with Crippen LogP contribution in [0.5, 0.6) is 0 Å². The summed E-state index contributed by atoms with van der Waals surface area (Å²) < 4.78 is 10.2. The maximum atomic E-state index is 12.6. The van der Waals surface area contributed by atoms with E-state index in [0.29, 0.717) is 25.1 Å². The van der Waals surface area contributed by atoms with E-state index in [1.165, 1.54) is 6.39 Å². The number of aryl methyl sites for hydroxylation is 1. The molecular weight excluding hydrogens is 382 g/mol. The number of ether oxygens (including phenoxy) is 1. The van der Waals surface area contributed by atoms with Crippen molar-refractivity contribution in [2.45, 2.75) is 39.3 Å². The third-order valence-corrected chi connectivity index (χ3v) is 5.17. The first-order valence-corrected chi connectivity index (χ1v) is 9.60. The number of carbonyl (C=O) groups is 1. The number of benzene rings is 1. The molecule has 4 rings (SSSR count). The predicted octanol–water partition coefficient (Wildman–Crippen LogP) is 3.15. The summed E-state index contributed by atoms with van der Waals surface area (Å²) in [4.78, 5) is 21.0. The number of rotatable bonds is 5. The number of nitrogens with one attached hydrogen (secondary N) is 1. The molecule has 0 unspecified atom stereocenters. The molecule has 3 heterocycles. The van der Waals surface area contributed by atoms with Crippen molar-refractivity contribution in [1.82, 2.24) is 15.3 Å². The second-order valence-electron chi connectivity index (χ2n) is 7.25. The van der Waals surface area contributed by atoms with E-state index >= 15 is 0 Å². The minimum atomic E-state index is -0.694. The predicted molar refractivity (Wildman–Crippen MR) is 113 cm³/mol. The van der Waals surface area contributed by atoms with E-state index in [1.807, 2.05) is 37.3 Å². The van der Waals surface area contributed by atoms with E-state index in [-0.39, 0.29) is 26.0 Å². The summed E-state index contributed by atoms with van der Waals surface area (Å²) in [5, 5.41) is 12.9. The summed E-state index contributed by atoms with van der Waals surface area (Å²) in [6.07, 6.45) is 5.32. The molecule has 158 valence electrons. The molecule has 1 saturated heterocycles. The van der Waals surface area contributed by atoms with Crippen molar-refractivity contribution in [3.8, 4) is 11.3 Å². The molecule has 0 aliphatic carbocycles. The summed E-state index contributed by atoms with van der Waals surface area (Å²) >= 11 is 0. The van der Waals surface area contributed by atoms with Crippen molar-refractivity contribution in [2.24, 2.45) is 0 Å². The van der Waals surface area contributed by atoms with Crippen LogP contribution in [0.15, 0.2) is 53.6 Å². The van der Waals surface area contributed by atoms with E-state index in [1.54, 1.807) is 12.5 Å². The van der Waals surface area contributed by atoms with Crippen LogP contribution in [-0.4, -0.2) is 46.3 Å². The molecule has 0 bridgehead atoms. The summed E-state index contributed by atoms with van der Waals surface area (Å²) in [6, 6.07) is 9.60. The zero-order valence-corrected chi connectivity index (χ0v) is 16.2. The van der Waals surface area contributed by atoms with E-state index in [2.05, 4.69) is 15.3 Å². The third kappa shape index (κ3) is 4.93. The van der Waals surface area contributed by atoms with Crippen molar-refractivity contribution < 1.29 is 19.1 Å². The Morgan fingerprint density at radius 3 is 2.77 bits per heavy atom. The fourth-order valence-corrected chi connectivity index (χ4v) is 3.38. The Balaban J connectivity index is 0.00000256. The number of hydrogen-bond donors (Lipinski definition) is 2. The fourth-order valence-electron chi connectivity index (χ4n) is 3.38. The summed E-state index contributed by atoms with van der Waals surface area (Å²) in [6.45, 7) is 2.75. The Morgan fingerprint density at radius 2 is 2.07 bits per heavy atom. The van der Waals surface area contributed by atoms with Gasteiger partial charge in [-0.1, -0.05) is 31.7 Å². The first-order valence-electron chi connectivity index (χ1n) is 9.60. The zero-order valence-electron chi connectivity index (χ0n) is 16.2. The van der Waals surface area contributed by atoms with Gasteiger partial charge in [0.25, 0.3) is 5.91 Å². The molecule has 1 aliphatic heterocycles. The van der Waals surface area contributed by atoms with Gasteiger partial charge in [0.15, 0.2) is 6.39 Å². The number of aromatic nitrogens is 2. The molecule has 2 aromatic heterocycles. The van der Waals surface area contributed by atoms with Crippen LogP contribution in [-0.2, 0) is 11.2 Å². The highest BCUT2D eigenvalue weighted by molar-refractivity contribution is 5.92. The van der Waals surface area contributed by atoms with Crippen molar-refractivity contribution in [1.29, 1.82) is 0 Å². The maximum absolute atomic E-state index is 12.6. The number of pyridine rings is 1. The maximum Gasteiger partial charge on any atom is 0.270 e. The molecule has 3 aromatic rings. The van der Waals surface area contributed by atoms with Gasteiger partial charge in [-0.05, 0) is 42.5 Å². The lowest BCUT2D eigenvalue weighted by molar-refractivity contribution is -0.0261. The molecule has 1 fully saturated rings. The van der Waals surface area contributed by atoms with Crippen LogP contribution in [0.2, 0.25) is 0 Å². The summed E-state index contributed by atoms with van der Waals surface area (Å²) in [7, 11) is 0. The first-order chi connectivity index (χ1) is 14.1. The standard InChI is InChI=1S/C22H23N3O4.CH4/c1-14-10-23-19(22(27)25-18-6-7-28-12-21(18)26)9-17(14)8-15-2-4-16(5-3-15)20-11-29-13-24-20;/h2-5,9-11,13,18,21,26H,6-8,12H2,1H3,(H,25,27);1H4/t18-,21-;/m0./s1. The summed E-state index contributed by atoms with van der Waals surface area (Å²) in [5.74, 6) is -0.279. The van der Waals surface area contributed by atoms with Crippen LogP contribution < -0.4 is 5.32 Å². The summed E-state index contributed by atoms with van der Waals surface area (Å²) in [5.41, 5.74) is 5.32. The topological polar surface area (TPSA) is 97.5 Å². The molecular formula is C23H27N3O4. The van der Waals surface area contributed by atoms with E-state index in [9.17, 15) is 9.90 Å². The second kappa shape index (κ2) is 9.65. The van der Waals surface area contributed by atoms with Gasteiger partial charge < -0.3 is 19.6 Å². The molecule has 7 nitrogen and oxygen atoms in total. The Labute approximate surface area is 176 Å². The molecule has 30 heavy (non-hydrogen) atoms. The van der Waals surface area contributed by atoms with Gasteiger partial charge in [0, 0.05) is 18.4 Å². The minimum absolute atomic E-state index is 0. The van der Waals surface area contributed by atoms with Gasteiger partial charge >= 0.3 is 0 Å². The van der Waals surface area contributed by atoms with Gasteiger partial charge in [0.05, 0.1) is 18.8 Å².